The van der Waals surface area contributed by atoms with Crippen molar-refractivity contribution in [2.75, 3.05) is 11.8 Å². The number of aryl methyl sites for hydroxylation is 1. The average molecular weight is 466 g/mol. The Kier molecular flexibility index (Phi) is 7.92. The molecule has 0 spiro atoms. The minimum absolute atomic E-state index is 0.205. The van der Waals surface area contributed by atoms with Gasteiger partial charge in [0.15, 0.2) is 0 Å². The van der Waals surface area contributed by atoms with Crippen molar-refractivity contribution in [2.24, 2.45) is 0 Å². The van der Waals surface area contributed by atoms with Crippen LogP contribution in [0.25, 0.3) is 0 Å². The number of rotatable bonds is 10. The van der Waals surface area contributed by atoms with E-state index in [1.165, 1.54) is 7.11 Å². The van der Waals surface area contributed by atoms with Gasteiger partial charge in [0.1, 0.15) is 0 Å². The Hall–Kier alpha value is -3.12. The van der Waals surface area contributed by atoms with E-state index in [0.29, 0.717) is 12.1 Å². The van der Waals surface area contributed by atoms with Gasteiger partial charge in [-0.2, -0.15) is 0 Å². The summed E-state index contributed by atoms with van der Waals surface area (Å²) in [5, 5.41) is 0. The summed E-state index contributed by atoms with van der Waals surface area (Å²) in [7, 11) is -2.29. The number of ether oxygens (including phenoxy) is 1. The first-order valence-electron chi connectivity index (χ1n) is 11.1. The summed E-state index contributed by atoms with van der Waals surface area (Å²) in [6.07, 6.45) is 2.76. The summed E-state index contributed by atoms with van der Waals surface area (Å²) >= 11 is 0. The minimum atomic E-state index is -3.69. The molecule has 3 aromatic rings. The smallest absolute Gasteiger partial charge is 0.305 e. The second-order valence-corrected chi connectivity index (χ2v) is 10.2. The molecule has 0 saturated carbocycles. The van der Waals surface area contributed by atoms with Crippen LogP contribution in [0.15, 0.2) is 83.8 Å². The van der Waals surface area contributed by atoms with Gasteiger partial charge in [-0.05, 0) is 55.2 Å². The first-order valence-corrected chi connectivity index (χ1v) is 12.6. The van der Waals surface area contributed by atoms with Gasteiger partial charge in [0, 0.05) is 17.5 Å². The van der Waals surface area contributed by atoms with Crippen molar-refractivity contribution in [1.82, 2.24) is 0 Å². The van der Waals surface area contributed by atoms with E-state index >= 15 is 0 Å². The van der Waals surface area contributed by atoms with Crippen LogP contribution in [0.1, 0.15) is 49.3 Å². The van der Waals surface area contributed by atoms with E-state index in [4.69, 9.17) is 4.74 Å². The molecule has 5 nitrogen and oxygen atoms in total. The second-order valence-electron chi connectivity index (χ2n) is 8.48. The van der Waals surface area contributed by atoms with Crippen LogP contribution < -0.4 is 4.72 Å². The molecule has 0 bridgehead atoms. The predicted octanol–water partition coefficient (Wildman–Crippen LogP) is 5.84. The monoisotopic (exact) mass is 465 g/mol. The first-order chi connectivity index (χ1) is 15.7. The molecule has 0 saturated heterocycles. The molecule has 0 amide bonds. The van der Waals surface area contributed by atoms with Crippen LogP contribution in [0.4, 0.5) is 5.69 Å². The lowest BCUT2D eigenvalue weighted by molar-refractivity contribution is -0.140. The minimum Gasteiger partial charge on any atom is -0.469 e. The Bertz CT molecular complexity index is 1170. The fourth-order valence-corrected chi connectivity index (χ4v) is 5.02. The number of hydrogen-bond donors (Lipinski definition) is 1. The molecule has 0 fully saturated rings. The van der Waals surface area contributed by atoms with Crippen molar-refractivity contribution >= 4 is 21.7 Å². The van der Waals surface area contributed by atoms with Crippen LogP contribution in [0.2, 0.25) is 0 Å². The number of anilines is 1. The maximum absolute atomic E-state index is 12.9. The van der Waals surface area contributed by atoms with Crippen molar-refractivity contribution in [3.63, 3.8) is 0 Å². The van der Waals surface area contributed by atoms with Crippen LogP contribution in [0, 0.1) is 6.92 Å². The number of nitrogens with one attached hydrogen (secondary N) is 1. The molecule has 174 valence electrons. The van der Waals surface area contributed by atoms with E-state index in [1.807, 2.05) is 43.3 Å². The van der Waals surface area contributed by atoms with E-state index in [2.05, 4.69) is 23.8 Å². The predicted molar refractivity (Wildman–Crippen MR) is 132 cm³/mol. The Labute approximate surface area is 196 Å². The van der Waals surface area contributed by atoms with Crippen molar-refractivity contribution in [1.29, 1.82) is 0 Å². The molecule has 33 heavy (non-hydrogen) atoms. The molecule has 0 aromatic heterocycles. The summed E-state index contributed by atoms with van der Waals surface area (Å²) in [5.74, 6) is -0.205. The maximum Gasteiger partial charge on any atom is 0.305 e. The number of benzene rings is 3. The summed E-state index contributed by atoms with van der Waals surface area (Å²) in [6, 6.07) is 24.5. The molecule has 0 heterocycles. The molecule has 0 radical (unpaired) electrons. The van der Waals surface area contributed by atoms with Gasteiger partial charge < -0.3 is 4.74 Å². The van der Waals surface area contributed by atoms with Crippen molar-refractivity contribution in [3.8, 4) is 0 Å². The third kappa shape index (κ3) is 6.23. The number of sulfonamides is 1. The summed E-state index contributed by atoms with van der Waals surface area (Å²) in [6.45, 7) is 4.08. The third-order valence-electron chi connectivity index (χ3n) is 6.03. The molecule has 0 aliphatic carbocycles. The molecule has 6 heteroatoms. The molecule has 3 rings (SSSR count). The normalized spacial score (nSPS) is 13.2. The standard InChI is InChI=1S/C27H31NO4S/c1-21-15-17-25(18-16-21)33(30,31)28-24-13-9-12-23(20-24)27(2,22-10-5-4-6-11-22)19-8-7-14-26(29)32-3/h4-6,9-13,15-18,20,28H,7-8,14,19H2,1-3H3. The average Bonchev–Trinajstić information content (AvgIpc) is 2.82. The van der Waals surface area contributed by atoms with Gasteiger partial charge in [0.25, 0.3) is 10.0 Å². The summed E-state index contributed by atoms with van der Waals surface area (Å²) < 4.78 is 33.3. The molecule has 1 unspecified atom stereocenters. The topological polar surface area (TPSA) is 72.5 Å². The molecule has 0 aliphatic rings. The van der Waals surface area contributed by atoms with Crippen LogP contribution >= 0.6 is 0 Å². The van der Waals surface area contributed by atoms with Crippen molar-refractivity contribution < 1.29 is 17.9 Å². The van der Waals surface area contributed by atoms with Crippen LogP contribution in [0.5, 0.6) is 0 Å². The highest BCUT2D eigenvalue weighted by atomic mass is 32.2. The van der Waals surface area contributed by atoms with Gasteiger partial charge in [0.2, 0.25) is 0 Å². The Morgan fingerprint density at radius 1 is 0.909 bits per heavy atom. The number of methoxy groups -OCH3 is 1. The Morgan fingerprint density at radius 3 is 2.24 bits per heavy atom. The van der Waals surface area contributed by atoms with Gasteiger partial charge in [-0.3, -0.25) is 9.52 Å². The zero-order valence-electron chi connectivity index (χ0n) is 19.4. The number of hydrogen-bond acceptors (Lipinski definition) is 4. The third-order valence-corrected chi connectivity index (χ3v) is 7.43. The first kappa shape index (κ1) is 24.5. The number of esters is 1. The van der Waals surface area contributed by atoms with E-state index in [-0.39, 0.29) is 16.3 Å². The number of carbonyl (C=O) groups is 1. The number of carbonyl (C=O) groups excluding carboxylic acids is 1. The summed E-state index contributed by atoms with van der Waals surface area (Å²) in [4.78, 5) is 11.7. The van der Waals surface area contributed by atoms with Gasteiger partial charge in [0.05, 0.1) is 12.0 Å². The molecular formula is C27H31NO4S. The highest BCUT2D eigenvalue weighted by molar-refractivity contribution is 7.92. The summed E-state index contributed by atoms with van der Waals surface area (Å²) in [5.41, 5.74) is 3.33. The van der Waals surface area contributed by atoms with Crippen LogP contribution in [0.3, 0.4) is 0 Å². The Morgan fingerprint density at radius 2 is 1.58 bits per heavy atom. The van der Waals surface area contributed by atoms with E-state index in [0.717, 1.165) is 36.0 Å². The highest BCUT2D eigenvalue weighted by Crippen LogP contribution is 2.38. The molecule has 1 atom stereocenters. The van der Waals surface area contributed by atoms with E-state index < -0.39 is 10.0 Å². The van der Waals surface area contributed by atoms with Gasteiger partial charge in [-0.25, -0.2) is 8.42 Å². The zero-order chi connectivity index (χ0) is 23.9. The van der Waals surface area contributed by atoms with Crippen molar-refractivity contribution in [3.05, 3.63) is 95.6 Å². The van der Waals surface area contributed by atoms with Gasteiger partial charge >= 0.3 is 5.97 Å². The lowest BCUT2D eigenvalue weighted by Gasteiger charge is -2.31. The highest BCUT2D eigenvalue weighted by Gasteiger charge is 2.29. The van der Waals surface area contributed by atoms with Crippen molar-refractivity contribution in [2.45, 2.75) is 49.8 Å². The quantitative estimate of drug-likeness (QED) is 0.302. The lowest BCUT2D eigenvalue weighted by Crippen LogP contribution is -2.24. The lowest BCUT2D eigenvalue weighted by atomic mass is 9.72. The van der Waals surface area contributed by atoms with E-state index in [9.17, 15) is 13.2 Å². The van der Waals surface area contributed by atoms with Gasteiger partial charge in [-0.1, -0.05) is 73.5 Å². The SMILES string of the molecule is COC(=O)CCCCC(C)(c1ccccc1)c1cccc(NS(=O)(=O)c2ccc(C)cc2)c1. The zero-order valence-corrected chi connectivity index (χ0v) is 20.2. The molecule has 1 N–H and O–H groups in total. The van der Waals surface area contributed by atoms with Crippen LogP contribution in [-0.2, 0) is 25.0 Å². The Balaban J connectivity index is 1.88. The molecular weight excluding hydrogens is 434 g/mol. The molecule has 3 aromatic carbocycles. The fourth-order valence-electron chi connectivity index (χ4n) is 3.97. The number of unbranched alkanes of at least 4 members (excludes halogenated alkanes) is 1. The van der Waals surface area contributed by atoms with Crippen LogP contribution in [-0.4, -0.2) is 21.5 Å². The largest absolute Gasteiger partial charge is 0.469 e. The van der Waals surface area contributed by atoms with E-state index in [1.54, 1.807) is 30.3 Å². The van der Waals surface area contributed by atoms with Gasteiger partial charge in [-0.15, -0.1) is 0 Å². The fraction of sp³-hybridized carbons (Fsp3) is 0.296. The second kappa shape index (κ2) is 10.7. The molecule has 0 aliphatic heterocycles. The maximum atomic E-state index is 12.9.